The van der Waals surface area contributed by atoms with E-state index >= 15 is 0 Å². The summed E-state index contributed by atoms with van der Waals surface area (Å²) in [5.41, 5.74) is 6.95. The molecule has 2 amide bonds. The van der Waals surface area contributed by atoms with Gasteiger partial charge in [-0.3, -0.25) is 4.90 Å². The van der Waals surface area contributed by atoms with Crippen LogP contribution in [0.2, 0.25) is 0 Å². The minimum absolute atomic E-state index is 0.0847. The number of carbonyl (C=O) groups is 1. The first-order valence-corrected chi connectivity index (χ1v) is 6.30. The van der Waals surface area contributed by atoms with Crippen LogP contribution in [0.5, 0.6) is 0 Å². The van der Waals surface area contributed by atoms with Crippen molar-refractivity contribution < 1.29 is 13.6 Å². The molecule has 0 saturated carbocycles. The van der Waals surface area contributed by atoms with Crippen LogP contribution in [0.25, 0.3) is 0 Å². The largest absolute Gasteiger partial charge is 0.326 e. The Morgan fingerprint density at radius 2 is 1.95 bits per heavy atom. The van der Waals surface area contributed by atoms with E-state index < -0.39 is 17.7 Å². The molecule has 2 aromatic carbocycles. The Bertz CT molecular complexity index is 661. The van der Waals surface area contributed by atoms with Gasteiger partial charge < -0.3 is 11.1 Å². The number of hydrogen-bond donors (Lipinski definition) is 2. The molecule has 3 N–H and O–H groups in total. The molecule has 6 heteroatoms. The van der Waals surface area contributed by atoms with Gasteiger partial charge in [0.2, 0.25) is 0 Å². The van der Waals surface area contributed by atoms with Gasteiger partial charge in [-0.05, 0) is 23.8 Å². The zero-order chi connectivity index (χ0) is 15.4. The van der Waals surface area contributed by atoms with E-state index in [9.17, 15) is 13.6 Å². The summed E-state index contributed by atoms with van der Waals surface area (Å²) in [6.07, 6.45) is 0. The lowest BCUT2D eigenvalue weighted by Gasteiger charge is -2.21. The first kappa shape index (κ1) is 14.9. The van der Waals surface area contributed by atoms with Gasteiger partial charge in [0.1, 0.15) is 11.6 Å². The predicted octanol–water partition coefficient (Wildman–Crippen LogP) is 3.09. The number of anilines is 2. The minimum Gasteiger partial charge on any atom is -0.326 e. The molecular formula is C15H15F2N3O. The molecule has 0 unspecified atom stereocenters. The van der Waals surface area contributed by atoms with Crippen LogP contribution in [0, 0.1) is 11.6 Å². The number of hydrogen-bond acceptors (Lipinski definition) is 2. The summed E-state index contributed by atoms with van der Waals surface area (Å²) in [6, 6.07) is 9.55. The molecule has 0 radical (unpaired) electrons. The SMILES string of the molecule is CN(C(=O)Nc1ccc(F)cc1F)c1ccccc1CN. The lowest BCUT2D eigenvalue weighted by Crippen LogP contribution is -2.32. The summed E-state index contributed by atoms with van der Waals surface area (Å²) in [5.74, 6) is -1.53. The van der Waals surface area contributed by atoms with Crippen molar-refractivity contribution >= 4 is 17.4 Å². The van der Waals surface area contributed by atoms with Crippen molar-refractivity contribution in [2.24, 2.45) is 5.73 Å². The number of urea groups is 1. The second kappa shape index (κ2) is 6.32. The third kappa shape index (κ3) is 3.35. The summed E-state index contributed by atoms with van der Waals surface area (Å²) in [5, 5.41) is 2.39. The van der Waals surface area contributed by atoms with Gasteiger partial charge in [-0.2, -0.15) is 0 Å². The van der Waals surface area contributed by atoms with Crippen molar-refractivity contribution in [2.75, 3.05) is 17.3 Å². The average molecular weight is 291 g/mol. The first-order valence-electron chi connectivity index (χ1n) is 6.30. The smallest absolute Gasteiger partial charge is 0.326 e. The molecule has 0 bridgehead atoms. The molecule has 0 aliphatic heterocycles. The fourth-order valence-corrected chi connectivity index (χ4v) is 1.91. The molecule has 110 valence electrons. The standard InChI is InChI=1S/C15H15F2N3O/c1-20(14-5-3-2-4-10(14)9-18)15(21)19-13-7-6-11(16)8-12(13)17/h2-8H,9,18H2,1H3,(H,19,21). The molecule has 0 fully saturated rings. The van der Waals surface area contributed by atoms with Crippen LogP contribution in [0.4, 0.5) is 25.0 Å². The van der Waals surface area contributed by atoms with E-state index in [0.717, 1.165) is 11.6 Å². The third-order valence-corrected chi connectivity index (χ3v) is 3.05. The van der Waals surface area contributed by atoms with Crippen molar-refractivity contribution in [3.8, 4) is 0 Å². The van der Waals surface area contributed by atoms with Crippen molar-refractivity contribution in [3.05, 3.63) is 59.7 Å². The van der Waals surface area contributed by atoms with E-state index in [0.29, 0.717) is 11.8 Å². The van der Waals surface area contributed by atoms with Crippen LogP contribution >= 0.6 is 0 Å². The number of nitrogens with two attached hydrogens (primary N) is 1. The zero-order valence-corrected chi connectivity index (χ0v) is 11.4. The number of amides is 2. The predicted molar refractivity (Wildman–Crippen MR) is 78.1 cm³/mol. The average Bonchev–Trinajstić information content (AvgIpc) is 2.49. The fraction of sp³-hybridized carbons (Fsp3) is 0.133. The monoisotopic (exact) mass is 291 g/mol. The van der Waals surface area contributed by atoms with Crippen molar-refractivity contribution in [1.82, 2.24) is 0 Å². The van der Waals surface area contributed by atoms with Gasteiger partial charge in [0.05, 0.1) is 5.69 Å². The Balaban J connectivity index is 2.19. The molecule has 0 heterocycles. The second-order valence-corrected chi connectivity index (χ2v) is 4.45. The Hall–Kier alpha value is -2.47. The third-order valence-electron chi connectivity index (χ3n) is 3.05. The summed E-state index contributed by atoms with van der Waals surface area (Å²) in [6.45, 7) is 0.276. The molecule has 21 heavy (non-hydrogen) atoms. The van der Waals surface area contributed by atoms with Crippen molar-refractivity contribution in [2.45, 2.75) is 6.54 Å². The molecule has 0 aromatic heterocycles. The van der Waals surface area contributed by atoms with Crippen LogP contribution in [-0.4, -0.2) is 13.1 Å². The van der Waals surface area contributed by atoms with E-state index in [1.165, 1.54) is 11.0 Å². The number of benzene rings is 2. The molecule has 0 aliphatic rings. The van der Waals surface area contributed by atoms with E-state index in [1.807, 2.05) is 6.07 Å². The Kier molecular flexibility index (Phi) is 4.49. The Morgan fingerprint density at radius 1 is 1.24 bits per heavy atom. The van der Waals surface area contributed by atoms with Crippen molar-refractivity contribution in [3.63, 3.8) is 0 Å². The van der Waals surface area contributed by atoms with Gasteiger partial charge in [0.25, 0.3) is 0 Å². The van der Waals surface area contributed by atoms with Crippen molar-refractivity contribution in [1.29, 1.82) is 0 Å². The van der Waals surface area contributed by atoms with Gasteiger partial charge in [-0.15, -0.1) is 0 Å². The maximum atomic E-state index is 13.5. The molecule has 0 saturated heterocycles. The highest BCUT2D eigenvalue weighted by atomic mass is 19.1. The number of para-hydroxylation sites is 1. The maximum absolute atomic E-state index is 13.5. The van der Waals surface area contributed by atoms with Gasteiger partial charge in [-0.1, -0.05) is 18.2 Å². The maximum Gasteiger partial charge on any atom is 0.326 e. The quantitative estimate of drug-likeness (QED) is 0.913. The molecule has 0 spiro atoms. The molecule has 0 atom stereocenters. The topological polar surface area (TPSA) is 58.4 Å². The van der Waals surface area contributed by atoms with Gasteiger partial charge in [0, 0.05) is 25.3 Å². The van der Waals surface area contributed by atoms with Crippen LogP contribution in [0.1, 0.15) is 5.56 Å². The minimum atomic E-state index is -0.830. The first-order chi connectivity index (χ1) is 10.0. The highest BCUT2D eigenvalue weighted by molar-refractivity contribution is 6.01. The highest BCUT2D eigenvalue weighted by Gasteiger charge is 2.15. The number of nitrogens with zero attached hydrogens (tertiary/aromatic N) is 1. The van der Waals surface area contributed by atoms with E-state index in [2.05, 4.69) is 5.32 Å². The summed E-state index contributed by atoms with van der Waals surface area (Å²) in [7, 11) is 1.55. The fourth-order valence-electron chi connectivity index (χ4n) is 1.91. The molecule has 4 nitrogen and oxygen atoms in total. The van der Waals surface area contributed by atoms with E-state index in [-0.39, 0.29) is 12.2 Å². The van der Waals surface area contributed by atoms with Crippen LogP contribution in [-0.2, 0) is 6.54 Å². The zero-order valence-electron chi connectivity index (χ0n) is 11.4. The molecule has 0 aliphatic carbocycles. The second-order valence-electron chi connectivity index (χ2n) is 4.45. The molecular weight excluding hydrogens is 276 g/mol. The number of halogens is 2. The molecule has 2 rings (SSSR count). The normalized spacial score (nSPS) is 10.3. The summed E-state index contributed by atoms with van der Waals surface area (Å²) >= 11 is 0. The number of carbonyl (C=O) groups excluding carboxylic acids is 1. The molecule has 2 aromatic rings. The van der Waals surface area contributed by atoms with E-state index in [1.54, 1.807) is 25.2 Å². The van der Waals surface area contributed by atoms with Crippen LogP contribution in [0.15, 0.2) is 42.5 Å². The number of nitrogens with one attached hydrogen (secondary N) is 1. The van der Waals surface area contributed by atoms with E-state index in [4.69, 9.17) is 5.73 Å². The highest BCUT2D eigenvalue weighted by Crippen LogP contribution is 2.21. The van der Waals surface area contributed by atoms with Crippen LogP contribution in [0.3, 0.4) is 0 Å². The number of rotatable bonds is 3. The van der Waals surface area contributed by atoms with Crippen LogP contribution < -0.4 is 16.0 Å². The summed E-state index contributed by atoms with van der Waals surface area (Å²) < 4.78 is 26.4. The lowest BCUT2D eigenvalue weighted by molar-refractivity contribution is 0.258. The summed E-state index contributed by atoms with van der Waals surface area (Å²) in [4.78, 5) is 13.5. The Morgan fingerprint density at radius 3 is 2.62 bits per heavy atom. The lowest BCUT2D eigenvalue weighted by atomic mass is 10.1. The van der Waals surface area contributed by atoms with Gasteiger partial charge in [-0.25, -0.2) is 13.6 Å². The van der Waals surface area contributed by atoms with Gasteiger partial charge >= 0.3 is 6.03 Å². The Labute approximate surface area is 121 Å². The van der Waals surface area contributed by atoms with Gasteiger partial charge in [0.15, 0.2) is 0 Å².